The minimum Gasteiger partial charge on any atom is -0.343 e. The van der Waals surface area contributed by atoms with E-state index in [-0.39, 0.29) is 0 Å². The highest BCUT2D eigenvalue weighted by Gasteiger charge is 2.13. The number of hydrogen-bond acceptors (Lipinski definition) is 5. The maximum absolute atomic E-state index is 5.79. The molecule has 0 N–H and O–H groups in total. The van der Waals surface area contributed by atoms with E-state index in [0.717, 1.165) is 17.0 Å². The lowest BCUT2D eigenvalue weighted by molar-refractivity contribution is 0.408. The Bertz CT molecular complexity index is 649. The van der Waals surface area contributed by atoms with Gasteiger partial charge in [-0.05, 0) is 12.1 Å². The zero-order valence-electron chi connectivity index (χ0n) is 9.45. The Morgan fingerprint density at radius 2 is 2.28 bits per heavy atom. The molecule has 3 heterocycles. The van der Waals surface area contributed by atoms with E-state index >= 15 is 0 Å². The second-order valence-electron chi connectivity index (χ2n) is 3.75. The SMILES string of the molecule is ClCCc1nc2cccnc2n1Cc1ncon1. The molecule has 0 unspecified atom stereocenters. The fourth-order valence-corrected chi connectivity index (χ4v) is 2.02. The minimum atomic E-state index is 0.482. The number of halogens is 1. The molecular weight excluding hydrogens is 254 g/mol. The highest BCUT2D eigenvalue weighted by molar-refractivity contribution is 6.17. The van der Waals surface area contributed by atoms with E-state index in [1.54, 1.807) is 6.20 Å². The summed E-state index contributed by atoms with van der Waals surface area (Å²) >= 11 is 5.79. The van der Waals surface area contributed by atoms with Gasteiger partial charge in [-0.3, -0.25) is 0 Å². The van der Waals surface area contributed by atoms with Gasteiger partial charge in [-0.25, -0.2) is 9.97 Å². The van der Waals surface area contributed by atoms with E-state index in [2.05, 4.69) is 20.1 Å². The van der Waals surface area contributed by atoms with Gasteiger partial charge in [0.1, 0.15) is 11.3 Å². The third kappa shape index (κ3) is 1.95. The molecule has 0 aliphatic rings. The normalized spacial score (nSPS) is 11.2. The summed E-state index contributed by atoms with van der Waals surface area (Å²) in [6, 6.07) is 3.78. The molecule has 3 rings (SSSR count). The standard InChI is InChI=1S/C11H10ClN5O/c12-4-3-10-15-8-2-1-5-13-11(8)17(10)6-9-14-7-18-16-9/h1-2,5,7H,3-4,6H2. The average Bonchev–Trinajstić information content (AvgIpc) is 3.00. The number of hydrogen-bond donors (Lipinski definition) is 0. The topological polar surface area (TPSA) is 69.6 Å². The molecule has 0 saturated heterocycles. The number of rotatable bonds is 4. The second-order valence-corrected chi connectivity index (χ2v) is 4.12. The van der Waals surface area contributed by atoms with Crippen molar-refractivity contribution in [3.63, 3.8) is 0 Å². The third-order valence-corrected chi connectivity index (χ3v) is 2.80. The lowest BCUT2D eigenvalue weighted by Gasteiger charge is -2.04. The number of imidazole rings is 1. The molecule has 0 bridgehead atoms. The highest BCUT2D eigenvalue weighted by Crippen LogP contribution is 2.15. The molecule has 0 aliphatic carbocycles. The Hall–Kier alpha value is -1.95. The summed E-state index contributed by atoms with van der Waals surface area (Å²) in [5.41, 5.74) is 1.66. The van der Waals surface area contributed by atoms with Crippen molar-refractivity contribution in [1.29, 1.82) is 0 Å². The number of fused-ring (bicyclic) bond motifs is 1. The van der Waals surface area contributed by atoms with Crippen molar-refractivity contribution in [3.05, 3.63) is 36.4 Å². The van der Waals surface area contributed by atoms with Crippen molar-refractivity contribution in [1.82, 2.24) is 24.7 Å². The van der Waals surface area contributed by atoms with Gasteiger partial charge in [0.15, 0.2) is 11.5 Å². The van der Waals surface area contributed by atoms with Crippen molar-refractivity contribution >= 4 is 22.8 Å². The van der Waals surface area contributed by atoms with Gasteiger partial charge in [-0.15, -0.1) is 11.6 Å². The van der Waals surface area contributed by atoms with E-state index in [4.69, 9.17) is 16.1 Å². The third-order valence-electron chi connectivity index (χ3n) is 2.61. The maximum atomic E-state index is 5.79. The van der Waals surface area contributed by atoms with Crippen LogP contribution in [-0.4, -0.2) is 30.6 Å². The van der Waals surface area contributed by atoms with Crippen LogP contribution in [0.3, 0.4) is 0 Å². The van der Waals surface area contributed by atoms with Crippen molar-refractivity contribution in [3.8, 4) is 0 Å². The smallest absolute Gasteiger partial charge is 0.213 e. The fraction of sp³-hybridized carbons (Fsp3) is 0.273. The van der Waals surface area contributed by atoms with E-state index in [0.29, 0.717) is 24.7 Å². The number of pyridine rings is 1. The quantitative estimate of drug-likeness (QED) is 0.670. The van der Waals surface area contributed by atoms with E-state index in [1.165, 1.54) is 6.39 Å². The molecule has 0 radical (unpaired) electrons. The van der Waals surface area contributed by atoms with Crippen LogP contribution in [0.15, 0.2) is 29.2 Å². The van der Waals surface area contributed by atoms with Gasteiger partial charge in [0, 0.05) is 18.5 Å². The first kappa shape index (κ1) is 11.2. The van der Waals surface area contributed by atoms with Gasteiger partial charge in [0.25, 0.3) is 0 Å². The Kier molecular flexibility index (Phi) is 2.93. The van der Waals surface area contributed by atoms with E-state index < -0.39 is 0 Å². The van der Waals surface area contributed by atoms with Gasteiger partial charge in [0.05, 0.1) is 6.54 Å². The van der Waals surface area contributed by atoms with Crippen LogP contribution < -0.4 is 0 Å². The Labute approximate surface area is 108 Å². The Morgan fingerprint density at radius 3 is 3.06 bits per heavy atom. The van der Waals surface area contributed by atoms with Crippen molar-refractivity contribution in [2.75, 3.05) is 5.88 Å². The first-order valence-corrected chi connectivity index (χ1v) is 6.03. The van der Waals surface area contributed by atoms with Gasteiger partial charge in [-0.2, -0.15) is 4.98 Å². The van der Waals surface area contributed by atoms with Crippen LogP contribution in [-0.2, 0) is 13.0 Å². The van der Waals surface area contributed by atoms with E-state index in [9.17, 15) is 0 Å². The summed E-state index contributed by atoms with van der Waals surface area (Å²) in [7, 11) is 0. The van der Waals surface area contributed by atoms with Crippen molar-refractivity contribution < 1.29 is 4.52 Å². The van der Waals surface area contributed by atoms with Crippen LogP contribution in [0.5, 0.6) is 0 Å². The number of aryl methyl sites for hydroxylation is 1. The van der Waals surface area contributed by atoms with Crippen LogP contribution in [0.4, 0.5) is 0 Å². The predicted molar refractivity (Wildman–Crippen MR) is 65.4 cm³/mol. The lowest BCUT2D eigenvalue weighted by atomic mass is 10.4. The minimum absolute atomic E-state index is 0.482. The van der Waals surface area contributed by atoms with Crippen LogP contribution in [0.25, 0.3) is 11.2 Å². The molecule has 3 aromatic heterocycles. The molecule has 0 atom stereocenters. The summed E-state index contributed by atoms with van der Waals surface area (Å²) in [6.07, 6.45) is 3.72. The summed E-state index contributed by atoms with van der Waals surface area (Å²) < 4.78 is 6.69. The predicted octanol–water partition coefficient (Wildman–Crippen LogP) is 1.64. The van der Waals surface area contributed by atoms with Crippen molar-refractivity contribution in [2.45, 2.75) is 13.0 Å². The molecule has 3 aromatic rings. The molecule has 6 nitrogen and oxygen atoms in total. The van der Waals surface area contributed by atoms with Crippen LogP contribution >= 0.6 is 11.6 Å². The number of aromatic nitrogens is 5. The van der Waals surface area contributed by atoms with Crippen LogP contribution in [0.1, 0.15) is 11.6 Å². The van der Waals surface area contributed by atoms with Crippen molar-refractivity contribution in [2.24, 2.45) is 0 Å². The molecule has 0 fully saturated rings. The summed E-state index contributed by atoms with van der Waals surface area (Å²) in [5.74, 6) is 1.98. The zero-order chi connectivity index (χ0) is 12.4. The molecule has 0 spiro atoms. The maximum Gasteiger partial charge on any atom is 0.213 e. The monoisotopic (exact) mass is 263 g/mol. The number of nitrogens with zero attached hydrogens (tertiary/aromatic N) is 5. The van der Waals surface area contributed by atoms with Gasteiger partial charge in [-0.1, -0.05) is 5.16 Å². The highest BCUT2D eigenvalue weighted by atomic mass is 35.5. The lowest BCUT2D eigenvalue weighted by Crippen LogP contribution is -2.07. The summed E-state index contributed by atoms with van der Waals surface area (Å²) in [4.78, 5) is 12.9. The summed E-state index contributed by atoms with van der Waals surface area (Å²) in [6.45, 7) is 0.482. The average molecular weight is 264 g/mol. The Morgan fingerprint density at radius 1 is 1.33 bits per heavy atom. The van der Waals surface area contributed by atoms with E-state index in [1.807, 2.05) is 16.7 Å². The van der Waals surface area contributed by atoms with Crippen LogP contribution in [0.2, 0.25) is 0 Å². The number of alkyl halides is 1. The molecule has 92 valence electrons. The molecular formula is C11H10ClN5O. The molecule has 0 aromatic carbocycles. The molecule has 0 aliphatic heterocycles. The second kappa shape index (κ2) is 4.73. The molecule has 7 heteroatoms. The van der Waals surface area contributed by atoms with Gasteiger partial charge < -0.3 is 9.09 Å². The molecule has 0 amide bonds. The first-order chi connectivity index (χ1) is 8.88. The molecule has 18 heavy (non-hydrogen) atoms. The first-order valence-electron chi connectivity index (χ1n) is 5.50. The Balaban J connectivity index is 2.09. The molecule has 0 saturated carbocycles. The van der Waals surface area contributed by atoms with Gasteiger partial charge >= 0.3 is 0 Å². The zero-order valence-corrected chi connectivity index (χ0v) is 10.2. The van der Waals surface area contributed by atoms with Gasteiger partial charge in [0.2, 0.25) is 6.39 Å². The summed E-state index contributed by atoms with van der Waals surface area (Å²) in [5, 5.41) is 3.80. The largest absolute Gasteiger partial charge is 0.343 e. The van der Waals surface area contributed by atoms with Crippen LogP contribution in [0, 0.1) is 0 Å². The fourth-order valence-electron chi connectivity index (χ4n) is 1.85.